The number of benzene rings is 2. The van der Waals surface area contributed by atoms with E-state index in [4.69, 9.17) is 0 Å². The lowest BCUT2D eigenvalue weighted by Crippen LogP contribution is -2.07. The molecule has 0 bridgehead atoms. The summed E-state index contributed by atoms with van der Waals surface area (Å²) in [6.07, 6.45) is 1.63. The summed E-state index contributed by atoms with van der Waals surface area (Å²) in [7, 11) is 0. The highest BCUT2D eigenvalue weighted by Gasteiger charge is 2.16. The Labute approximate surface area is 147 Å². The Bertz CT molecular complexity index is 1020. The summed E-state index contributed by atoms with van der Waals surface area (Å²) in [6, 6.07) is 14.9. The number of allylic oxidation sites excluding steroid dienone is 1. The molecule has 0 amide bonds. The SMILES string of the molecule is N#CC(=Cc1ccccc1)c1nnnn1Cc1cc([N+](=O)[O-])ccc1O. The molecule has 1 N–H and O–H groups in total. The molecular formula is C17H12N6O3. The highest BCUT2D eigenvalue weighted by Crippen LogP contribution is 2.24. The zero-order valence-electron chi connectivity index (χ0n) is 13.4. The van der Waals surface area contributed by atoms with Crippen molar-refractivity contribution in [1.82, 2.24) is 20.2 Å². The molecular weight excluding hydrogens is 336 g/mol. The van der Waals surface area contributed by atoms with Crippen molar-refractivity contribution >= 4 is 17.3 Å². The number of non-ortho nitro benzene ring substituents is 1. The summed E-state index contributed by atoms with van der Waals surface area (Å²) in [5.74, 6) is 0.0739. The normalized spacial score (nSPS) is 11.1. The largest absolute Gasteiger partial charge is 0.508 e. The number of nitriles is 1. The van der Waals surface area contributed by atoms with Gasteiger partial charge < -0.3 is 5.11 Å². The van der Waals surface area contributed by atoms with E-state index in [1.165, 1.54) is 22.9 Å². The van der Waals surface area contributed by atoms with Crippen molar-refractivity contribution in [3.63, 3.8) is 0 Å². The minimum absolute atomic E-state index is 0.0242. The first-order valence-electron chi connectivity index (χ1n) is 7.48. The lowest BCUT2D eigenvalue weighted by atomic mass is 10.1. The molecule has 0 fully saturated rings. The fourth-order valence-electron chi connectivity index (χ4n) is 2.34. The molecule has 26 heavy (non-hydrogen) atoms. The van der Waals surface area contributed by atoms with E-state index in [1.807, 2.05) is 30.3 Å². The average Bonchev–Trinajstić information content (AvgIpc) is 3.10. The summed E-state index contributed by atoms with van der Waals surface area (Å²) in [5, 5.41) is 41.6. The molecule has 1 heterocycles. The second-order valence-electron chi connectivity index (χ2n) is 5.31. The molecule has 1 aromatic heterocycles. The molecule has 0 aliphatic heterocycles. The number of aromatic hydroxyl groups is 1. The number of tetrazole rings is 1. The topological polar surface area (TPSA) is 131 Å². The van der Waals surface area contributed by atoms with E-state index in [2.05, 4.69) is 21.6 Å². The zero-order chi connectivity index (χ0) is 18.5. The molecule has 0 atom stereocenters. The Morgan fingerprint density at radius 3 is 2.77 bits per heavy atom. The van der Waals surface area contributed by atoms with Crippen LogP contribution in [0.3, 0.4) is 0 Å². The van der Waals surface area contributed by atoms with Crippen LogP contribution in [0.25, 0.3) is 11.6 Å². The number of nitrogens with zero attached hydrogens (tertiary/aromatic N) is 6. The van der Waals surface area contributed by atoms with Crippen molar-refractivity contribution in [1.29, 1.82) is 5.26 Å². The molecule has 0 saturated carbocycles. The Morgan fingerprint density at radius 2 is 2.08 bits per heavy atom. The maximum absolute atomic E-state index is 10.9. The van der Waals surface area contributed by atoms with Crippen molar-refractivity contribution < 1.29 is 10.0 Å². The molecule has 9 nitrogen and oxygen atoms in total. The standard InChI is InChI=1S/C17H12N6O3/c18-10-13(8-12-4-2-1-3-5-12)17-19-20-21-22(17)11-14-9-15(23(25)26)6-7-16(14)24/h1-9,24H,11H2. The summed E-state index contributed by atoms with van der Waals surface area (Å²) >= 11 is 0. The Hall–Kier alpha value is -4.06. The number of nitro benzene ring substituents is 1. The average molecular weight is 348 g/mol. The minimum atomic E-state index is -0.556. The van der Waals surface area contributed by atoms with Crippen molar-refractivity contribution in [2.45, 2.75) is 6.54 Å². The number of hydrogen-bond donors (Lipinski definition) is 1. The molecule has 9 heteroatoms. The van der Waals surface area contributed by atoms with E-state index in [-0.39, 0.29) is 34.9 Å². The smallest absolute Gasteiger partial charge is 0.270 e. The number of aromatic nitrogens is 4. The summed E-state index contributed by atoms with van der Waals surface area (Å²) in [4.78, 5) is 10.4. The molecule has 3 aromatic rings. The third-order valence-electron chi connectivity index (χ3n) is 3.60. The maximum atomic E-state index is 10.9. The number of rotatable bonds is 5. The van der Waals surface area contributed by atoms with E-state index in [0.29, 0.717) is 0 Å². The fourth-order valence-corrected chi connectivity index (χ4v) is 2.34. The Balaban J connectivity index is 1.97. The second kappa shape index (κ2) is 7.23. The molecule has 0 aliphatic carbocycles. The van der Waals surface area contributed by atoms with Crippen LogP contribution in [0, 0.1) is 21.4 Å². The van der Waals surface area contributed by atoms with Crippen LogP contribution < -0.4 is 0 Å². The van der Waals surface area contributed by atoms with E-state index in [0.717, 1.165) is 5.56 Å². The molecule has 0 spiro atoms. The van der Waals surface area contributed by atoms with E-state index < -0.39 is 4.92 Å². The number of nitro groups is 1. The van der Waals surface area contributed by atoms with Crippen molar-refractivity contribution in [2.24, 2.45) is 0 Å². The van der Waals surface area contributed by atoms with Gasteiger partial charge in [-0.25, -0.2) is 4.68 Å². The second-order valence-corrected chi connectivity index (χ2v) is 5.31. The maximum Gasteiger partial charge on any atom is 0.270 e. The first-order valence-corrected chi connectivity index (χ1v) is 7.48. The van der Waals surface area contributed by atoms with Crippen LogP contribution in [0.5, 0.6) is 5.75 Å². The first kappa shape index (κ1) is 16.8. The third kappa shape index (κ3) is 3.54. The van der Waals surface area contributed by atoms with Crippen LogP contribution in [-0.4, -0.2) is 30.2 Å². The predicted octanol–water partition coefficient (Wildman–Crippen LogP) is 2.40. The number of phenols is 1. The van der Waals surface area contributed by atoms with Gasteiger partial charge in [0.2, 0.25) is 0 Å². The summed E-state index contributed by atoms with van der Waals surface area (Å²) < 4.78 is 1.30. The van der Waals surface area contributed by atoms with Gasteiger partial charge in [-0.1, -0.05) is 30.3 Å². The number of phenolic OH excluding ortho intramolecular Hbond substituents is 1. The predicted molar refractivity (Wildman–Crippen MR) is 91.6 cm³/mol. The summed E-state index contributed by atoms with van der Waals surface area (Å²) in [6.45, 7) is -0.0242. The van der Waals surface area contributed by atoms with Gasteiger partial charge in [-0.15, -0.1) is 5.10 Å². The fraction of sp³-hybridized carbons (Fsp3) is 0.0588. The van der Waals surface area contributed by atoms with Crippen LogP contribution in [0.15, 0.2) is 48.5 Å². The van der Waals surface area contributed by atoms with Gasteiger partial charge in [0.15, 0.2) is 5.82 Å². The highest BCUT2D eigenvalue weighted by molar-refractivity contribution is 5.86. The molecule has 0 unspecified atom stereocenters. The molecule has 0 saturated heterocycles. The molecule has 128 valence electrons. The first-order chi connectivity index (χ1) is 12.6. The van der Waals surface area contributed by atoms with Gasteiger partial charge in [-0.2, -0.15) is 5.26 Å². The van der Waals surface area contributed by atoms with E-state index in [9.17, 15) is 20.5 Å². The van der Waals surface area contributed by atoms with E-state index in [1.54, 1.807) is 6.08 Å². The lowest BCUT2D eigenvalue weighted by molar-refractivity contribution is -0.384. The molecule has 0 radical (unpaired) electrons. The third-order valence-corrected chi connectivity index (χ3v) is 3.60. The zero-order valence-corrected chi connectivity index (χ0v) is 13.4. The Kier molecular flexibility index (Phi) is 4.67. The van der Waals surface area contributed by atoms with Crippen LogP contribution in [0.2, 0.25) is 0 Å². The minimum Gasteiger partial charge on any atom is -0.508 e. The monoisotopic (exact) mass is 348 g/mol. The Morgan fingerprint density at radius 1 is 1.31 bits per heavy atom. The molecule has 0 aliphatic rings. The van der Waals surface area contributed by atoms with Crippen LogP contribution in [0.4, 0.5) is 5.69 Å². The van der Waals surface area contributed by atoms with Gasteiger partial charge in [-0.05, 0) is 28.1 Å². The highest BCUT2D eigenvalue weighted by atomic mass is 16.6. The van der Waals surface area contributed by atoms with Crippen molar-refractivity contribution in [2.75, 3.05) is 0 Å². The number of hydrogen-bond acceptors (Lipinski definition) is 7. The molecule has 2 aromatic carbocycles. The quantitative estimate of drug-likeness (QED) is 0.425. The molecule has 3 rings (SSSR count). The van der Waals surface area contributed by atoms with Gasteiger partial charge in [-0.3, -0.25) is 10.1 Å². The van der Waals surface area contributed by atoms with Gasteiger partial charge in [0.25, 0.3) is 5.69 Å². The van der Waals surface area contributed by atoms with Crippen molar-refractivity contribution in [3.05, 3.63) is 75.6 Å². The lowest BCUT2D eigenvalue weighted by Gasteiger charge is -2.06. The van der Waals surface area contributed by atoms with Crippen molar-refractivity contribution in [3.8, 4) is 11.8 Å². The van der Waals surface area contributed by atoms with Gasteiger partial charge in [0, 0.05) is 17.7 Å². The van der Waals surface area contributed by atoms with Crippen LogP contribution in [0.1, 0.15) is 17.0 Å². The van der Waals surface area contributed by atoms with Gasteiger partial charge >= 0.3 is 0 Å². The van der Waals surface area contributed by atoms with Gasteiger partial charge in [0.1, 0.15) is 11.8 Å². The van der Waals surface area contributed by atoms with Crippen LogP contribution >= 0.6 is 0 Å². The van der Waals surface area contributed by atoms with E-state index >= 15 is 0 Å². The van der Waals surface area contributed by atoms with Crippen LogP contribution in [-0.2, 0) is 6.54 Å². The van der Waals surface area contributed by atoms with Gasteiger partial charge in [0.05, 0.1) is 17.0 Å². The summed E-state index contributed by atoms with van der Waals surface area (Å²) in [5.41, 5.74) is 1.14.